The molecule has 1 heterocycles. The molecule has 0 spiro atoms. The predicted molar refractivity (Wildman–Crippen MR) is 107 cm³/mol. The summed E-state index contributed by atoms with van der Waals surface area (Å²) in [6.45, 7) is 1.83. The number of nitrogens with zero attached hydrogens (tertiary/aromatic N) is 2. The summed E-state index contributed by atoms with van der Waals surface area (Å²) in [7, 11) is 1.32. The number of carbonyl (C=O) groups excluding carboxylic acids is 2. The molecule has 0 bridgehead atoms. The zero-order chi connectivity index (χ0) is 20.1. The average molecular weight is 398 g/mol. The Morgan fingerprint density at radius 2 is 1.82 bits per heavy atom. The Bertz CT molecular complexity index is 968. The summed E-state index contributed by atoms with van der Waals surface area (Å²) in [6, 6.07) is 16.0. The highest BCUT2D eigenvalue weighted by Gasteiger charge is 2.22. The van der Waals surface area contributed by atoms with Gasteiger partial charge in [-0.15, -0.1) is 0 Å². The van der Waals surface area contributed by atoms with Crippen molar-refractivity contribution in [2.24, 2.45) is 0 Å². The van der Waals surface area contributed by atoms with Crippen LogP contribution in [0, 0.1) is 6.92 Å². The largest absolute Gasteiger partial charge is 0.469 e. The normalized spacial score (nSPS) is 11.7. The van der Waals surface area contributed by atoms with E-state index in [2.05, 4.69) is 10.4 Å². The third-order valence-corrected chi connectivity index (χ3v) is 4.68. The second kappa shape index (κ2) is 8.71. The monoisotopic (exact) mass is 397 g/mol. The number of methoxy groups -OCH3 is 1. The minimum atomic E-state index is -0.545. The molecular formula is C21H20ClN3O3. The SMILES string of the molecule is COC(=O)CC(NC(=O)c1cnn(-c2ccccc2)c1C)c1ccc(Cl)cc1. The van der Waals surface area contributed by atoms with Crippen LogP contribution in [0.4, 0.5) is 0 Å². The van der Waals surface area contributed by atoms with Crippen LogP contribution in [-0.2, 0) is 9.53 Å². The highest BCUT2D eigenvalue weighted by Crippen LogP contribution is 2.22. The summed E-state index contributed by atoms with van der Waals surface area (Å²) >= 11 is 5.94. The Labute approximate surface area is 168 Å². The van der Waals surface area contributed by atoms with E-state index in [4.69, 9.17) is 16.3 Å². The molecule has 3 aromatic rings. The molecule has 1 aromatic heterocycles. The van der Waals surface area contributed by atoms with E-state index in [1.54, 1.807) is 28.9 Å². The Kier molecular flexibility index (Phi) is 6.11. The topological polar surface area (TPSA) is 73.2 Å². The van der Waals surface area contributed by atoms with Gasteiger partial charge in [0.15, 0.2) is 0 Å². The molecule has 0 radical (unpaired) electrons. The minimum Gasteiger partial charge on any atom is -0.469 e. The lowest BCUT2D eigenvalue weighted by molar-refractivity contribution is -0.141. The first-order chi connectivity index (χ1) is 13.5. The number of hydrogen-bond donors (Lipinski definition) is 1. The van der Waals surface area contributed by atoms with Crippen molar-refractivity contribution in [3.05, 3.63) is 82.6 Å². The second-order valence-corrected chi connectivity index (χ2v) is 6.69. The van der Waals surface area contributed by atoms with Crippen LogP contribution in [0.3, 0.4) is 0 Å². The summed E-state index contributed by atoms with van der Waals surface area (Å²) < 4.78 is 6.47. The van der Waals surface area contributed by atoms with Crippen LogP contribution in [-0.4, -0.2) is 28.8 Å². The quantitative estimate of drug-likeness (QED) is 0.641. The number of benzene rings is 2. The van der Waals surface area contributed by atoms with E-state index in [0.29, 0.717) is 16.3 Å². The molecule has 144 valence electrons. The molecule has 3 rings (SSSR count). The van der Waals surface area contributed by atoms with Gasteiger partial charge in [-0.05, 0) is 36.8 Å². The van der Waals surface area contributed by atoms with Gasteiger partial charge in [0.05, 0.1) is 42.7 Å². The number of amides is 1. The number of para-hydroxylation sites is 1. The van der Waals surface area contributed by atoms with Crippen molar-refractivity contribution in [3.8, 4) is 5.69 Å². The van der Waals surface area contributed by atoms with E-state index in [1.165, 1.54) is 13.3 Å². The molecule has 0 aliphatic heterocycles. The molecule has 1 N–H and O–H groups in total. The van der Waals surface area contributed by atoms with Crippen LogP contribution >= 0.6 is 11.6 Å². The lowest BCUT2D eigenvalue weighted by Crippen LogP contribution is -2.30. The van der Waals surface area contributed by atoms with Crippen molar-refractivity contribution < 1.29 is 14.3 Å². The molecule has 0 aliphatic rings. The molecule has 2 aromatic carbocycles. The van der Waals surface area contributed by atoms with Gasteiger partial charge in [-0.1, -0.05) is 41.9 Å². The number of rotatable bonds is 6. The molecule has 0 saturated heterocycles. The molecule has 0 aliphatic carbocycles. The summed E-state index contributed by atoms with van der Waals surface area (Å²) in [5.41, 5.74) is 2.77. The molecule has 0 saturated carbocycles. The van der Waals surface area contributed by atoms with Crippen LogP contribution < -0.4 is 5.32 Å². The number of hydrogen-bond acceptors (Lipinski definition) is 4. The number of ether oxygens (including phenoxy) is 1. The summed E-state index contributed by atoms with van der Waals surface area (Å²) in [6.07, 6.45) is 1.53. The predicted octanol–water partition coefficient (Wildman–Crippen LogP) is 3.87. The van der Waals surface area contributed by atoms with E-state index in [9.17, 15) is 9.59 Å². The molecule has 0 fully saturated rings. The lowest BCUT2D eigenvalue weighted by Gasteiger charge is -2.18. The van der Waals surface area contributed by atoms with Crippen LogP contribution in [0.25, 0.3) is 5.69 Å². The van der Waals surface area contributed by atoms with Crippen LogP contribution in [0.15, 0.2) is 60.8 Å². The first-order valence-corrected chi connectivity index (χ1v) is 9.10. The molecular weight excluding hydrogens is 378 g/mol. The van der Waals surface area contributed by atoms with E-state index >= 15 is 0 Å². The van der Waals surface area contributed by atoms with Crippen LogP contribution in [0.2, 0.25) is 5.02 Å². The number of carbonyl (C=O) groups is 2. The van der Waals surface area contributed by atoms with Crippen LogP contribution in [0.1, 0.15) is 34.1 Å². The zero-order valence-corrected chi connectivity index (χ0v) is 16.3. The van der Waals surface area contributed by atoms with Gasteiger partial charge in [0.25, 0.3) is 5.91 Å². The fraction of sp³-hybridized carbons (Fsp3) is 0.190. The molecule has 1 amide bonds. The van der Waals surface area contributed by atoms with Crippen molar-refractivity contribution in [2.45, 2.75) is 19.4 Å². The van der Waals surface area contributed by atoms with Crippen molar-refractivity contribution in [1.82, 2.24) is 15.1 Å². The first kappa shape index (κ1) is 19.6. The first-order valence-electron chi connectivity index (χ1n) is 8.72. The molecule has 1 unspecified atom stereocenters. The van der Waals surface area contributed by atoms with E-state index < -0.39 is 12.0 Å². The zero-order valence-electron chi connectivity index (χ0n) is 15.6. The Morgan fingerprint density at radius 1 is 1.14 bits per heavy atom. The summed E-state index contributed by atoms with van der Waals surface area (Å²) in [5.74, 6) is -0.736. The molecule has 7 heteroatoms. The van der Waals surface area contributed by atoms with Crippen LogP contribution in [0.5, 0.6) is 0 Å². The van der Waals surface area contributed by atoms with Gasteiger partial charge in [-0.3, -0.25) is 9.59 Å². The van der Waals surface area contributed by atoms with E-state index in [0.717, 1.165) is 11.3 Å². The van der Waals surface area contributed by atoms with Gasteiger partial charge in [-0.25, -0.2) is 4.68 Å². The number of aromatic nitrogens is 2. The van der Waals surface area contributed by atoms with Gasteiger partial charge in [0, 0.05) is 5.02 Å². The average Bonchev–Trinajstić information content (AvgIpc) is 3.10. The van der Waals surface area contributed by atoms with E-state index in [-0.39, 0.29) is 12.3 Å². The second-order valence-electron chi connectivity index (χ2n) is 6.25. The summed E-state index contributed by atoms with van der Waals surface area (Å²) in [4.78, 5) is 24.7. The highest BCUT2D eigenvalue weighted by atomic mass is 35.5. The third-order valence-electron chi connectivity index (χ3n) is 4.43. The number of esters is 1. The van der Waals surface area contributed by atoms with Gasteiger partial charge in [0.1, 0.15) is 0 Å². The fourth-order valence-electron chi connectivity index (χ4n) is 2.90. The van der Waals surface area contributed by atoms with E-state index in [1.807, 2.05) is 37.3 Å². The van der Waals surface area contributed by atoms with Gasteiger partial charge in [-0.2, -0.15) is 5.10 Å². The maximum absolute atomic E-state index is 12.9. The smallest absolute Gasteiger partial charge is 0.307 e. The minimum absolute atomic E-state index is 0.00967. The maximum Gasteiger partial charge on any atom is 0.307 e. The molecule has 6 nitrogen and oxygen atoms in total. The van der Waals surface area contributed by atoms with Crippen molar-refractivity contribution in [2.75, 3.05) is 7.11 Å². The van der Waals surface area contributed by atoms with Crippen molar-refractivity contribution in [3.63, 3.8) is 0 Å². The molecule has 1 atom stereocenters. The third kappa shape index (κ3) is 4.40. The summed E-state index contributed by atoms with van der Waals surface area (Å²) in [5, 5.41) is 7.80. The number of nitrogens with one attached hydrogen (secondary N) is 1. The standard InChI is InChI=1S/C21H20ClN3O3/c1-14-18(13-23-25(14)17-6-4-3-5-7-17)21(27)24-19(12-20(26)28-2)15-8-10-16(22)11-9-15/h3-11,13,19H,12H2,1-2H3,(H,24,27). The highest BCUT2D eigenvalue weighted by molar-refractivity contribution is 6.30. The van der Waals surface area contributed by atoms with Gasteiger partial charge < -0.3 is 10.1 Å². The number of halogens is 1. The molecule has 28 heavy (non-hydrogen) atoms. The Morgan fingerprint density at radius 3 is 2.46 bits per heavy atom. The maximum atomic E-state index is 12.9. The Hall–Kier alpha value is -3.12. The van der Waals surface area contributed by atoms with Crippen molar-refractivity contribution in [1.29, 1.82) is 0 Å². The Balaban J connectivity index is 1.85. The fourth-order valence-corrected chi connectivity index (χ4v) is 3.02. The van der Waals surface area contributed by atoms with Gasteiger partial charge >= 0.3 is 5.97 Å². The van der Waals surface area contributed by atoms with Gasteiger partial charge in [0.2, 0.25) is 0 Å². The van der Waals surface area contributed by atoms with Crippen molar-refractivity contribution >= 4 is 23.5 Å². The lowest BCUT2D eigenvalue weighted by atomic mass is 10.0.